The molecule has 0 radical (unpaired) electrons. The predicted octanol–water partition coefficient (Wildman–Crippen LogP) is 3.26. The van der Waals surface area contributed by atoms with Crippen LogP contribution in [0.25, 0.3) is 11.0 Å². The lowest BCUT2D eigenvalue weighted by atomic mass is 9.82. The Morgan fingerprint density at radius 2 is 1.71 bits per heavy atom. The monoisotopic (exact) mass is 657 g/mol. The molecule has 13 heteroatoms. The molecule has 3 N–H and O–H groups in total. The van der Waals surface area contributed by atoms with Crippen LogP contribution in [0.15, 0.2) is 36.4 Å². The van der Waals surface area contributed by atoms with E-state index in [2.05, 4.69) is 37.6 Å². The lowest BCUT2D eigenvalue weighted by Crippen LogP contribution is -2.59. The first-order valence-corrected chi connectivity index (χ1v) is 17.4. The Bertz CT molecular complexity index is 1650. The average molecular weight is 658 g/mol. The van der Waals surface area contributed by atoms with Gasteiger partial charge in [0.2, 0.25) is 5.91 Å². The molecule has 0 aliphatic carbocycles. The Kier molecular flexibility index (Phi) is 9.23. The molecule has 3 atom stereocenters. The number of benzene rings is 2. The van der Waals surface area contributed by atoms with E-state index in [1.54, 1.807) is 0 Å². The molecular weight excluding hydrogens is 610 g/mol. The van der Waals surface area contributed by atoms with Crippen molar-refractivity contribution in [2.24, 2.45) is 5.92 Å². The summed E-state index contributed by atoms with van der Waals surface area (Å²) in [4.78, 5) is 51.2. The Balaban J connectivity index is 1.15. The number of anilines is 1. The largest absolute Gasteiger partial charge is 0.465 e. The van der Waals surface area contributed by atoms with Crippen molar-refractivity contribution >= 4 is 34.8 Å². The number of piperazine rings is 1. The van der Waals surface area contributed by atoms with Gasteiger partial charge in [-0.15, -0.1) is 0 Å². The van der Waals surface area contributed by atoms with Gasteiger partial charge in [0.15, 0.2) is 0 Å². The molecular formula is C35H47N9O4. The Hall–Kier alpha value is -4.23. The number of hydrogen-bond donors (Lipinski definition) is 3. The second-order valence-electron chi connectivity index (χ2n) is 14.1. The molecule has 4 aliphatic rings. The Morgan fingerprint density at radius 1 is 0.958 bits per heavy atom. The van der Waals surface area contributed by atoms with E-state index in [-0.39, 0.29) is 24.5 Å². The van der Waals surface area contributed by atoms with Gasteiger partial charge in [-0.1, -0.05) is 24.3 Å². The molecule has 3 fully saturated rings. The summed E-state index contributed by atoms with van der Waals surface area (Å²) >= 11 is 0. The van der Waals surface area contributed by atoms with Crippen molar-refractivity contribution in [2.45, 2.75) is 63.6 Å². The third kappa shape index (κ3) is 6.57. The van der Waals surface area contributed by atoms with Crippen LogP contribution >= 0.6 is 0 Å². The fourth-order valence-electron chi connectivity index (χ4n) is 8.44. The van der Waals surface area contributed by atoms with Crippen LogP contribution in [-0.4, -0.2) is 141 Å². The molecule has 256 valence electrons. The van der Waals surface area contributed by atoms with Gasteiger partial charge in [0.05, 0.1) is 5.92 Å². The summed E-state index contributed by atoms with van der Waals surface area (Å²) < 4.78 is 0. The van der Waals surface area contributed by atoms with E-state index in [9.17, 15) is 19.5 Å². The molecule has 4 aliphatic heterocycles. The number of carboxylic acid groups (broad SMARTS) is 1. The molecule has 0 spiro atoms. The third-order valence-corrected chi connectivity index (χ3v) is 11.2. The quantitative estimate of drug-likeness (QED) is 0.367. The van der Waals surface area contributed by atoms with Crippen LogP contribution in [0.3, 0.4) is 0 Å². The van der Waals surface area contributed by atoms with Crippen molar-refractivity contribution < 1.29 is 19.5 Å². The SMILES string of the molecule is Cc1cc(CC(C(=O)N2CCC(N3CCN(C)CC3)CC2)[C@H]2CC(N3CCc4ccccc4NC3=O)CCN2C(=O)O)cc2n[nH]nc12. The van der Waals surface area contributed by atoms with Gasteiger partial charge < -0.3 is 30.0 Å². The van der Waals surface area contributed by atoms with Gasteiger partial charge in [-0.05, 0) is 81.3 Å². The molecule has 3 saturated heterocycles. The number of piperidine rings is 2. The van der Waals surface area contributed by atoms with Crippen LogP contribution in [-0.2, 0) is 17.6 Å². The maximum absolute atomic E-state index is 14.7. The molecule has 7 rings (SSSR count). The van der Waals surface area contributed by atoms with Crippen molar-refractivity contribution in [3.05, 3.63) is 53.1 Å². The number of aryl methyl sites for hydroxylation is 1. The minimum absolute atomic E-state index is 0.00523. The second kappa shape index (κ2) is 13.7. The highest BCUT2D eigenvalue weighted by atomic mass is 16.4. The number of urea groups is 1. The Morgan fingerprint density at radius 3 is 2.48 bits per heavy atom. The first kappa shape index (κ1) is 32.3. The number of carbonyl (C=O) groups is 3. The van der Waals surface area contributed by atoms with Crippen LogP contribution in [0.2, 0.25) is 0 Å². The maximum Gasteiger partial charge on any atom is 0.407 e. The summed E-state index contributed by atoms with van der Waals surface area (Å²) in [6.07, 6.45) is 2.80. The number of hydrogen-bond acceptors (Lipinski definition) is 7. The molecule has 0 saturated carbocycles. The van der Waals surface area contributed by atoms with E-state index in [1.165, 1.54) is 4.90 Å². The number of nitrogens with one attached hydrogen (secondary N) is 2. The number of likely N-dealkylation sites (N-methyl/N-ethyl adjacent to an activating group) is 1. The van der Waals surface area contributed by atoms with Crippen LogP contribution in [0.5, 0.6) is 0 Å². The predicted molar refractivity (Wildman–Crippen MR) is 182 cm³/mol. The number of nitrogens with zero attached hydrogens (tertiary/aromatic N) is 7. The van der Waals surface area contributed by atoms with E-state index in [4.69, 9.17) is 0 Å². The maximum atomic E-state index is 14.7. The molecule has 2 aromatic carbocycles. The van der Waals surface area contributed by atoms with Crippen LogP contribution < -0.4 is 5.32 Å². The highest BCUT2D eigenvalue weighted by Crippen LogP contribution is 2.34. The average Bonchev–Trinajstić information content (AvgIpc) is 3.50. The van der Waals surface area contributed by atoms with Crippen molar-refractivity contribution in [3.8, 4) is 0 Å². The molecule has 4 amide bonds. The van der Waals surface area contributed by atoms with Crippen molar-refractivity contribution in [1.82, 2.24) is 39.9 Å². The number of H-pyrrole nitrogens is 1. The normalized spacial score (nSPS) is 23.9. The molecule has 48 heavy (non-hydrogen) atoms. The molecule has 1 aromatic heterocycles. The van der Waals surface area contributed by atoms with E-state index >= 15 is 0 Å². The number of amides is 4. The zero-order chi connectivity index (χ0) is 33.4. The summed E-state index contributed by atoms with van der Waals surface area (Å²) in [6, 6.07) is 11.3. The van der Waals surface area contributed by atoms with Crippen LogP contribution in [0, 0.1) is 12.8 Å². The fraction of sp³-hybridized carbons (Fsp3) is 0.571. The highest BCUT2D eigenvalue weighted by molar-refractivity contribution is 5.91. The first-order chi connectivity index (χ1) is 23.2. The number of rotatable bonds is 6. The van der Waals surface area contributed by atoms with Crippen LogP contribution in [0.1, 0.15) is 42.4 Å². The number of fused-ring (bicyclic) bond motifs is 2. The van der Waals surface area contributed by atoms with E-state index in [1.807, 2.05) is 53.1 Å². The number of para-hydroxylation sites is 1. The van der Waals surface area contributed by atoms with Gasteiger partial charge in [-0.2, -0.15) is 15.4 Å². The number of carbonyl (C=O) groups excluding carboxylic acids is 2. The highest BCUT2D eigenvalue weighted by Gasteiger charge is 2.44. The zero-order valence-corrected chi connectivity index (χ0v) is 28.0. The van der Waals surface area contributed by atoms with Crippen LogP contribution in [0.4, 0.5) is 15.3 Å². The van der Waals surface area contributed by atoms with Crippen molar-refractivity contribution in [3.63, 3.8) is 0 Å². The summed E-state index contributed by atoms with van der Waals surface area (Å²) in [5, 5.41) is 24.8. The molecule has 2 unspecified atom stereocenters. The van der Waals surface area contributed by atoms with Gasteiger partial charge >= 0.3 is 12.1 Å². The number of aromatic amines is 1. The van der Waals surface area contributed by atoms with E-state index < -0.39 is 18.1 Å². The molecule has 0 bridgehead atoms. The molecule has 13 nitrogen and oxygen atoms in total. The van der Waals surface area contributed by atoms with Crippen molar-refractivity contribution in [2.75, 3.05) is 64.7 Å². The van der Waals surface area contributed by atoms with Gasteiger partial charge in [0, 0.05) is 76.2 Å². The summed E-state index contributed by atoms with van der Waals surface area (Å²) in [5.74, 6) is -0.616. The van der Waals surface area contributed by atoms with E-state index in [0.717, 1.165) is 72.4 Å². The lowest BCUT2D eigenvalue weighted by molar-refractivity contribution is -0.140. The van der Waals surface area contributed by atoms with Gasteiger partial charge in [-0.25, -0.2) is 9.59 Å². The third-order valence-electron chi connectivity index (χ3n) is 11.2. The van der Waals surface area contributed by atoms with Gasteiger partial charge in [0.25, 0.3) is 0 Å². The first-order valence-electron chi connectivity index (χ1n) is 17.4. The second-order valence-corrected chi connectivity index (χ2v) is 14.1. The fourth-order valence-corrected chi connectivity index (χ4v) is 8.44. The molecule has 3 aromatic rings. The van der Waals surface area contributed by atoms with E-state index in [0.29, 0.717) is 51.4 Å². The summed E-state index contributed by atoms with van der Waals surface area (Å²) in [6.45, 7) is 8.31. The standard InChI is InChI=1S/C35H47N9O4/c1-23-19-24(21-30-32(23)38-39-37-30)20-28(33(45)42-11-8-26(9-12-42)41-17-15-40(2)16-18-41)31-22-27(10-14-44(31)35(47)48)43-13-7-25-5-3-4-6-29(25)36-34(43)46/h3-6,19,21,26-28,31H,7-18,20,22H2,1-2H3,(H,36,46)(H,47,48)(H,37,38,39)/t27?,28?,31-/m1/s1. The van der Waals surface area contributed by atoms with Gasteiger partial charge in [0.1, 0.15) is 11.0 Å². The summed E-state index contributed by atoms with van der Waals surface area (Å²) in [7, 11) is 2.16. The minimum Gasteiger partial charge on any atom is -0.465 e. The minimum atomic E-state index is -1.03. The number of likely N-dealkylation sites (tertiary alicyclic amines) is 2. The smallest absolute Gasteiger partial charge is 0.407 e. The lowest BCUT2D eigenvalue weighted by Gasteiger charge is -2.46. The number of aromatic nitrogens is 3. The zero-order valence-electron chi connectivity index (χ0n) is 28.0. The summed E-state index contributed by atoms with van der Waals surface area (Å²) in [5.41, 5.74) is 5.28. The van der Waals surface area contributed by atoms with Gasteiger partial charge in [-0.3, -0.25) is 9.69 Å². The topological polar surface area (TPSA) is 141 Å². The van der Waals surface area contributed by atoms with Crippen molar-refractivity contribution in [1.29, 1.82) is 0 Å². The molecule has 5 heterocycles. The Labute approximate surface area is 281 Å².